The Balaban J connectivity index is 1.83. The number of aromatic amines is 1. The highest BCUT2D eigenvalue weighted by Crippen LogP contribution is 2.24. The summed E-state index contributed by atoms with van der Waals surface area (Å²) in [5.41, 5.74) is 3.03. The van der Waals surface area contributed by atoms with Gasteiger partial charge in [0.1, 0.15) is 11.6 Å². The zero-order valence-corrected chi connectivity index (χ0v) is 16.6. The van der Waals surface area contributed by atoms with Crippen LogP contribution < -0.4 is 5.32 Å². The van der Waals surface area contributed by atoms with Gasteiger partial charge in [-0.2, -0.15) is 5.26 Å². The number of nitrogens with zero attached hydrogens (tertiary/aromatic N) is 1. The SMILES string of the molecule is CCCCCCCCCCNC(=O)/C(C#N)=C/c1c(C)[nH]c2ccccc12. The molecule has 0 fully saturated rings. The van der Waals surface area contributed by atoms with Gasteiger partial charge in [0.2, 0.25) is 0 Å². The Kier molecular flexibility index (Phi) is 8.64. The maximum Gasteiger partial charge on any atom is 0.261 e. The molecule has 0 aliphatic carbocycles. The molecule has 4 heteroatoms. The summed E-state index contributed by atoms with van der Waals surface area (Å²) in [6.45, 7) is 4.81. The second-order valence-corrected chi connectivity index (χ2v) is 7.11. The van der Waals surface area contributed by atoms with Gasteiger partial charge in [-0.15, -0.1) is 0 Å². The molecule has 0 saturated carbocycles. The Labute approximate surface area is 162 Å². The molecule has 2 rings (SSSR count). The molecule has 1 amide bonds. The monoisotopic (exact) mass is 365 g/mol. The highest BCUT2D eigenvalue weighted by atomic mass is 16.1. The lowest BCUT2D eigenvalue weighted by molar-refractivity contribution is -0.117. The topological polar surface area (TPSA) is 68.7 Å². The van der Waals surface area contributed by atoms with Crippen LogP contribution in [-0.4, -0.2) is 17.4 Å². The van der Waals surface area contributed by atoms with Gasteiger partial charge in [0.05, 0.1) is 0 Å². The number of hydrogen-bond acceptors (Lipinski definition) is 2. The number of fused-ring (bicyclic) bond motifs is 1. The van der Waals surface area contributed by atoms with Crippen molar-refractivity contribution in [3.05, 3.63) is 41.1 Å². The molecule has 2 aromatic rings. The predicted molar refractivity (Wildman–Crippen MR) is 112 cm³/mol. The smallest absolute Gasteiger partial charge is 0.261 e. The van der Waals surface area contributed by atoms with Crippen LogP contribution in [0.2, 0.25) is 0 Å². The molecule has 0 atom stereocenters. The summed E-state index contributed by atoms with van der Waals surface area (Å²) < 4.78 is 0. The number of carbonyl (C=O) groups excluding carboxylic acids is 1. The largest absolute Gasteiger partial charge is 0.358 e. The van der Waals surface area contributed by atoms with Gasteiger partial charge < -0.3 is 10.3 Å². The molecular weight excluding hydrogens is 334 g/mol. The summed E-state index contributed by atoms with van der Waals surface area (Å²) in [5, 5.41) is 13.3. The van der Waals surface area contributed by atoms with Crippen molar-refractivity contribution in [2.45, 2.75) is 65.2 Å². The number of aryl methyl sites for hydroxylation is 1. The lowest BCUT2D eigenvalue weighted by Crippen LogP contribution is -2.25. The summed E-state index contributed by atoms with van der Waals surface area (Å²) in [6.07, 6.45) is 11.5. The second kappa shape index (κ2) is 11.2. The van der Waals surface area contributed by atoms with E-state index in [-0.39, 0.29) is 11.5 Å². The molecular formula is C23H31N3O. The number of H-pyrrole nitrogens is 1. The Hall–Kier alpha value is -2.54. The van der Waals surface area contributed by atoms with E-state index in [1.165, 1.54) is 38.5 Å². The van der Waals surface area contributed by atoms with Crippen LogP contribution in [0, 0.1) is 18.3 Å². The van der Waals surface area contributed by atoms with Crippen molar-refractivity contribution in [1.29, 1.82) is 5.26 Å². The van der Waals surface area contributed by atoms with E-state index in [0.717, 1.165) is 35.0 Å². The minimum absolute atomic E-state index is 0.155. The molecule has 0 bridgehead atoms. The number of unbranched alkanes of at least 4 members (excludes halogenated alkanes) is 7. The predicted octanol–water partition coefficient (Wildman–Crippen LogP) is 5.64. The minimum atomic E-state index is -0.287. The molecule has 0 radical (unpaired) electrons. The first-order chi connectivity index (χ1) is 13.2. The summed E-state index contributed by atoms with van der Waals surface area (Å²) in [6, 6.07) is 9.97. The Morgan fingerprint density at radius 2 is 1.78 bits per heavy atom. The summed E-state index contributed by atoms with van der Waals surface area (Å²) in [5.74, 6) is -0.287. The summed E-state index contributed by atoms with van der Waals surface area (Å²) >= 11 is 0. The Bertz CT molecular complexity index is 811. The van der Waals surface area contributed by atoms with Crippen molar-refractivity contribution in [1.82, 2.24) is 10.3 Å². The molecule has 0 aliphatic heterocycles. The van der Waals surface area contributed by atoms with E-state index in [9.17, 15) is 10.1 Å². The maximum atomic E-state index is 12.3. The van der Waals surface area contributed by atoms with Crippen LogP contribution in [0.15, 0.2) is 29.8 Å². The Morgan fingerprint density at radius 1 is 1.11 bits per heavy atom. The summed E-state index contributed by atoms with van der Waals surface area (Å²) in [4.78, 5) is 15.6. The lowest BCUT2D eigenvalue weighted by Gasteiger charge is -2.05. The van der Waals surface area contributed by atoms with Gasteiger partial charge in [0, 0.05) is 28.7 Å². The zero-order valence-electron chi connectivity index (χ0n) is 16.6. The number of hydrogen-bond donors (Lipinski definition) is 2. The molecule has 144 valence electrons. The average molecular weight is 366 g/mol. The van der Waals surface area contributed by atoms with Crippen LogP contribution in [0.4, 0.5) is 0 Å². The third-order valence-electron chi connectivity index (χ3n) is 4.91. The molecule has 4 nitrogen and oxygen atoms in total. The number of amides is 1. The van der Waals surface area contributed by atoms with Crippen molar-refractivity contribution in [2.24, 2.45) is 0 Å². The quantitative estimate of drug-likeness (QED) is 0.307. The fourth-order valence-corrected chi connectivity index (χ4v) is 3.33. The number of nitriles is 1. The van der Waals surface area contributed by atoms with Gasteiger partial charge in [-0.25, -0.2) is 0 Å². The highest BCUT2D eigenvalue weighted by molar-refractivity contribution is 6.04. The van der Waals surface area contributed by atoms with Gasteiger partial charge in [0.15, 0.2) is 0 Å². The first-order valence-corrected chi connectivity index (χ1v) is 10.1. The molecule has 2 N–H and O–H groups in total. The summed E-state index contributed by atoms with van der Waals surface area (Å²) in [7, 11) is 0. The van der Waals surface area contributed by atoms with Gasteiger partial charge in [-0.3, -0.25) is 4.79 Å². The Morgan fingerprint density at radius 3 is 2.48 bits per heavy atom. The fourth-order valence-electron chi connectivity index (χ4n) is 3.33. The molecule has 0 unspecified atom stereocenters. The van der Waals surface area contributed by atoms with E-state index in [1.54, 1.807) is 6.08 Å². The molecule has 1 aromatic carbocycles. The van der Waals surface area contributed by atoms with Crippen molar-refractivity contribution in [3.63, 3.8) is 0 Å². The van der Waals surface area contributed by atoms with Gasteiger partial charge in [-0.05, 0) is 25.5 Å². The second-order valence-electron chi connectivity index (χ2n) is 7.11. The van der Waals surface area contributed by atoms with Crippen LogP contribution in [0.5, 0.6) is 0 Å². The number of aromatic nitrogens is 1. The van der Waals surface area contributed by atoms with E-state index in [0.29, 0.717) is 6.54 Å². The van der Waals surface area contributed by atoms with Gasteiger partial charge in [0.25, 0.3) is 5.91 Å². The molecule has 0 aliphatic rings. The van der Waals surface area contributed by atoms with Crippen molar-refractivity contribution >= 4 is 22.9 Å². The lowest BCUT2D eigenvalue weighted by atomic mass is 10.1. The van der Waals surface area contributed by atoms with Crippen LogP contribution in [0.25, 0.3) is 17.0 Å². The number of para-hydroxylation sites is 1. The van der Waals surface area contributed by atoms with E-state index in [4.69, 9.17) is 0 Å². The van der Waals surface area contributed by atoms with Crippen LogP contribution in [0.1, 0.15) is 69.5 Å². The number of nitrogens with one attached hydrogen (secondary N) is 2. The highest BCUT2D eigenvalue weighted by Gasteiger charge is 2.12. The van der Waals surface area contributed by atoms with E-state index >= 15 is 0 Å². The van der Waals surface area contributed by atoms with E-state index in [2.05, 4.69) is 17.2 Å². The molecule has 1 heterocycles. The standard InChI is InChI=1S/C23H31N3O/c1-3-4-5-6-7-8-9-12-15-25-23(27)19(17-24)16-21-18(2)26-22-14-11-10-13-20(21)22/h10-11,13-14,16,26H,3-9,12,15H2,1-2H3,(H,25,27)/b19-16+. The number of carbonyl (C=O) groups is 1. The molecule has 1 aromatic heterocycles. The van der Waals surface area contributed by atoms with Crippen molar-refractivity contribution in [2.75, 3.05) is 6.54 Å². The maximum absolute atomic E-state index is 12.3. The first kappa shape index (κ1) is 20.8. The minimum Gasteiger partial charge on any atom is -0.358 e. The first-order valence-electron chi connectivity index (χ1n) is 10.1. The molecule has 0 spiro atoms. The van der Waals surface area contributed by atoms with Crippen LogP contribution in [-0.2, 0) is 4.79 Å². The fraction of sp³-hybridized carbons (Fsp3) is 0.478. The average Bonchev–Trinajstić information content (AvgIpc) is 2.99. The number of benzene rings is 1. The molecule has 0 saturated heterocycles. The van der Waals surface area contributed by atoms with Crippen molar-refractivity contribution < 1.29 is 4.79 Å². The zero-order chi connectivity index (χ0) is 19.5. The van der Waals surface area contributed by atoms with Gasteiger partial charge >= 0.3 is 0 Å². The van der Waals surface area contributed by atoms with Crippen LogP contribution in [0.3, 0.4) is 0 Å². The third kappa shape index (κ3) is 6.29. The van der Waals surface area contributed by atoms with E-state index in [1.807, 2.05) is 37.3 Å². The van der Waals surface area contributed by atoms with Crippen LogP contribution >= 0.6 is 0 Å². The van der Waals surface area contributed by atoms with Crippen molar-refractivity contribution in [3.8, 4) is 6.07 Å². The third-order valence-corrected chi connectivity index (χ3v) is 4.91. The van der Waals surface area contributed by atoms with Gasteiger partial charge in [-0.1, -0.05) is 70.1 Å². The normalized spacial score (nSPS) is 11.5. The molecule has 27 heavy (non-hydrogen) atoms. The number of rotatable bonds is 11. The van der Waals surface area contributed by atoms with E-state index < -0.39 is 0 Å².